The van der Waals surface area contributed by atoms with Crippen molar-refractivity contribution in [2.75, 3.05) is 26.8 Å². The van der Waals surface area contributed by atoms with Crippen molar-refractivity contribution < 1.29 is 14.6 Å². The van der Waals surface area contributed by atoms with Gasteiger partial charge in [-0.3, -0.25) is 0 Å². The minimum absolute atomic E-state index is 0.189. The Hall–Kier alpha value is -1.26. The Bertz CT molecular complexity index is 349. The average molecular weight is 251 g/mol. The van der Waals surface area contributed by atoms with Crippen LogP contribution in [0.2, 0.25) is 0 Å². The van der Waals surface area contributed by atoms with E-state index in [9.17, 15) is 5.11 Å². The number of ether oxygens (including phenoxy) is 2. The topological polar surface area (TPSA) is 50.7 Å². The van der Waals surface area contributed by atoms with Crippen LogP contribution >= 0.6 is 0 Å². The lowest BCUT2D eigenvalue weighted by Gasteiger charge is -2.11. The maximum absolute atomic E-state index is 9.65. The van der Waals surface area contributed by atoms with E-state index >= 15 is 0 Å². The van der Waals surface area contributed by atoms with Crippen molar-refractivity contribution in [1.29, 1.82) is 0 Å². The van der Waals surface area contributed by atoms with Gasteiger partial charge in [-0.2, -0.15) is 0 Å². The van der Waals surface area contributed by atoms with E-state index in [1.165, 1.54) is 12.8 Å². The maximum atomic E-state index is 9.65. The summed E-state index contributed by atoms with van der Waals surface area (Å²) in [6, 6.07) is 7.52. The molecule has 0 aliphatic heterocycles. The predicted molar refractivity (Wildman–Crippen MR) is 70.1 cm³/mol. The third-order valence-electron chi connectivity index (χ3n) is 3.13. The van der Waals surface area contributed by atoms with Crippen molar-refractivity contribution in [2.45, 2.75) is 18.9 Å². The van der Waals surface area contributed by atoms with Crippen molar-refractivity contribution in [3.05, 3.63) is 24.3 Å². The number of benzene rings is 1. The average Bonchev–Trinajstić information content (AvgIpc) is 3.23. The molecule has 1 aromatic carbocycles. The lowest BCUT2D eigenvalue weighted by molar-refractivity contribution is 0.147. The van der Waals surface area contributed by atoms with Crippen LogP contribution in [0.15, 0.2) is 24.3 Å². The highest BCUT2D eigenvalue weighted by Crippen LogP contribution is 2.32. The fraction of sp³-hybridized carbons (Fsp3) is 0.571. The third-order valence-corrected chi connectivity index (χ3v) is 3.13. The third kappa shape index (κ3) is 4.20. The minimum Gasteiger partial charge on any atom is -0.497 e. The summed E-state index contributed by atoms with van der Waals surface area (Å²) >= 11 is 0. The Labute approximate surface area is 108 Å². The van der Waals surface area contributed by atoms with Gasteiger partial charge in [0.05, 0.1) is 13.2 Å². The van der Waals surface area contributed by atoms with Crippen molar-refractivity contribution in [3.8, 4) is 11.5 Å². The fourth-order valence-corrected chi connectivity index (χ4v) is 1.81. The molecule has 1 fully saturated rings. The Morgan fingerprint density at radius 1 is 1.28 bits per heavy atom. The molecule has 0 radical (unpaired) electrons. The standard InChI is InChI=1S/C14H21NO3/c1-17-12-4-6-13(7-5-12)18-9-8-15-10-14(16)11-2-3-11/h4-7,11,14-16H,2-3,8-10H2,1H3. The van der Waals surface area contributed by atoms with E-state index in [1.807, 2.05) is 24.3 Å². The summed E-state index contributed by atoms with van der Waals surface area (Å²) in [7, 11) is 1.64. The molecular formula is C14H21NO3. The normalized spacial score (nSPS) is 16.3. The summed E-state index contributed by atoms with van der Waals surface area (Å²) in [5, 5.41) is 12.8. The first-order valence-corrected chi connectivity index (χ1v) is 6.45. The summed E-state index contributed by atoms with van der Waals surface area (Å²) < 4.78 is 10.6. The second-order valence-electron chi connectivity index (χ2n) is 4.63. The lowest BCUT2D eigenvalue weighted by Crippen LogP contribution is -2.31. The maximum Gasteiger partial charge on any atom is 0.119 e. The van der Waals surface area contributed by atoms with E-state index in [0.29, 0.717) is 19.1 Å². The molecule has 1 saturated carbocycles. The van der Waals surface area contributed by atoms with Crippen molar-refractivity contribution in [2.24, 2.45) is 5.92 Å². The molecule has 0 spiro atoms. The molecule has 0 heterocycles. The van der Waals surface area contributed by atoms with Crippen molar-refractivity contribution in [1.82, 2.24) is 5.32 Å². The van der Waals surface area contributed by atoms with Crippen LogP contribution in [0.3, 0.4) is 0 Å². The summed E-state index contributed by atoms with van der Waals surface area (Å²) in [4.78, 5) is 0. The molecule has 0 aromatic heterocycles. The molecule has 2 rings (SSSR count). The van der Waals surface area contributed by atoms with Gasteiger partial charge < -0.3 is 19.9 Å². The number of methoxy groups -OCH3 is 1. The fourth-order valence-electron chi connectivity index (χ4n) is 1.81. The molecule has 1 atom stereocenters. The Balaban J connectivity index is 1.56. The number of aliphatic hydroxyl groups excluding tert-OH is 1. The number of rotatable bonds is 8. The van der Waals surface area contributed by atoms with Gasteiger partial charge in [-0.1, -0.05) is 0 Å². The van der Waals surface area contributed by atoms with Crippen LogP contribution in [0, 0.1) is 5.92 Å². The summed E-state index contributed by atoms with van der Waals surface area (Å²) in [5.41, 5.74) is 0. The number of nitrogens with one attached hydrogen (secondary N) is 1. The molecule has 100 valence electrons. The van der Waals surface area contributed by atoms with E-state index in [4.69, 9.17) is 9.47 Å². The molecule has 4 heteroatoms. The van der Waals surface area contributed by atoms with Crippen LogP contribution in [0.5, 0.6) is 11.5 Å². The van der Waals surface area contributed by atoms with Crippen molar-refractivity contribution in [3.63, 3.8) is 0 Å². The SMILES string of the molecule is COc1ccc(OCCNCC(O)C2CC2)cc1. The molecule has 2 N–H and O–H groups in total. The summed E-state index contributed by atoms with van der Waals surface area (Å²) in [6.07, 6.45) is 2.15. The van der Waals surface area contributed by atoms with Crippen molar-refractivity contribution >= 4 is 0 Å². The van der Waals surface area contributed by atoms with Gasteiger partial charge in [0.25, 0.3) is 0 Å². The van der Waals surface area contributed by atoms with Gasteiger partial charge in [0, 0.05) is 13.1 Å². The smallest absolute Gasteiger partial charge is 0.119 e. The predicted octanol–water partition coefficient (Wildman–Crippen LogP) is 1.43. The second kappa shape index (κ2) is 6.61. The highest BCUT2D eigenvalue weighted by Gasteiger charge is 2.28. The van der Waals surface area contributed by atoms with Gasteiger partial charge in [-0.15, -0.1) is 0 Å². The van der Waals surface area contributed by atoms with Gasteiger partial charge in [-0.25, -0.2) is 0 Å². The zero-order valence-corrected chi connectivity index (χ0v) is 10.8. The molecule has 1 aliphatic carbocycles. The van der Waals surface area contributed by atoms with Gasteiger partial charge in [0.1, 0.15) is 18.1 Å². The van der Waals surface area contributed by atoms with Crippen LogP contribution < -0.4 is 14.8 Å². The zero-order chi connectivity index (χ0) is 12.8. The van der Waals surface area contributed by atoms with Gasteiger partial charge in [0.2, 0.25) is 0 Å². The first-order chi connectivity index (χ1) is 8.79. The van der Waals surface area contributed by atoms with E-state index in [1.54, 1.807) is 7.11 Å². The number of hydrogen-bond acceptors (Lipinski definition) is 4. The lowest BCUT2D eigenvalue weighted by atomic mass is 10.2. The monoisotopic (exact) mass is 251 g/mol. The highest BCUT2D eigenvalue weighted by molar-refractivity contribution is 5.31. The van der Waals surface area contributed by atoms with Crippen LogP contribution in [-0.2, 0) is 0 Å². The molecule has 1 aliphatic rings. The van der Waals surface area contributed by atoms with E-state index in [-0.39, 0.29) is 6.10 Å². The molecule has 1 unspecified atom stereocenters. The second-order valence-corrected chi connectivity index (χ2v) is 4.63. The van der Waals surface area contributed by atoms with Gasteiger partial charge in [-0.05, 0) is 43.0 Å². The molecule has 0 amide bonds. The molecule has 1 aromatic rings. The minimum atomic E-state index is -0.189. The summed E-state index contributed by atoms with van der Waals surface area (Å²) in [6.45, 7) is 2.01. The molecule has 0 bridgehead atoms. The number of hydrogen-bond donors (Lipinski definition) is 2. The van der Waals surface area contributed by atoms with Crippen LogP contribution in [0.4, 0.5) is 0 Å². The van der Waals surface area contributed by atoms with E-state index in [2.05, 4.69) is 5.32 Å². The molecule has 4 nitrogen and oxygen atoms in total. The largest absolute Gasteiger partial charge is 0.497 e. The Morgan fingerprint density at radius 2 is 1.94 bits per heavy atom. The van der Waals surface area contributed by atoms with E-state index < -0.39 is 0 Å². The highest BCUT2D eigenvalue weighted by atomic mass is 16.5. The van der Waals surface area contributed by atoms with Crippen LogP contribution in [-0.4, -0.2) is 38.0 Å². The Kier molecular flexibility index (Phi) is 4.84. The van der Waals surface area contributed by atoms with Crippen LogP contribution in [0.1, 0.15) is 12.8 Å². The summed E-state index contributed by atoms with van der Waals surface area (Å²) in [5.74, 6) is 2.19. The molecule has 18 heavy (non-hydrogen) atoms. The van der Waals surface area contributed by atoms with Gasteiger partial charge in [0.15, 0.2) is 0 Å². The van der Waals surface area contributed by atoms with E-state index in [0.717, 1.165) is 18.0 Å². The zero-order valence-electron chi connectivity index (χ0n) is 10.8. The Morgan fingerprint density at radius 3 is 2.56 bits per heavy atom. The molecule has 0 saturated heterocycles. The number of aliphatic hydroxyl groups is 1. The molecular weight excluding hydrogens is 230 g/mol. The van der Waals surface area contributed by atoms with Gasteiger partial charge >= 0.3 is 0 Å². The quantitative estimate of drug-likeness (QED) is 0.686. The first-order valence-electron chi connectivity index (χ1n) is 6.45. The van der Waals surface area contributed by atoms with Crippen LogP contribution in [0.25, 0.3) is 0 Å². The first kappa shape index (κ1) is 13.2.